The predicted octanol–water partition coefficient (Wildman–Crippen LogP) is 3.76. The number of para-hydroxylation sites is 2. The largest absolute Gasteiger partial charge is 0.384 e. The maximum Gasteiger partial charge on any atom is 0.171 e. The Balaban J connectivity index is 1.92. The monoisotopic (exact) mass is 346 g/mol. The van der Waals surface area contributed by atoms with Crippen LogP contribution in [-0.2, 0) is 0 Å². The SMILES string of the molecule is N=C(N)c1ccc(Sc2nc3ccccc3[nH]2)c(Br)c1. The average molecular weight is 347 g/mol. The summed E-state index contributed by atoms with van der Waals surface area (Å²) in [4.78, 5) is 8.82. The number of nitrogen functional groups attached to an aromatic ring is 1. The van der Waals surface area contributed by atoms with Gasteiger partial charge in [-0.15, -0.1) is 0 Å². The Hall–Kier alpha value is -1.79. The minimum atomic E-state index is 0.0611. The van der Waals surface area contributed by atoms with Crippen LogP contribution in [-0.4, -0.2) is 15.8 Å². The number of benzene rings is 2. The fraction of sp³-hybridized carbons (Fsp3) is 0. The number of halogens is 1. The van der Waals surface area contributed by atoms with Gasteiger partial charge in [0.25, 0.3) is 0 Å². The highest BCUT2D eigenvalue weighted by molar-refractivity contribution is 9.10. The first kappa shape index (κ1) is 13.2. The number of rotatable bonds is 3. The van der Waals surface area contributed by atoms with Crippen LogP contribution in [0.15, 0.2) is 57.0 Å². The molecule has 0 atom stereocenters. The van der Waals surface area contributed by atoms with Gasteiger partial charge in [0, 0.05) is 14.9 Å². The molecule has 1 heterocycles. The van der Waals surface area contributed by atoms with Crippen molar-refractivity contribution in [2.45, 2.75) is 10.1 Å². The maximum absolute atomic E-state index is 7.43. The second-order valence-electron chi connectivity index (χ2n) is 4.22. The van der Waals surface area contributed by atoms with Crippen molar-refractivity contribution in [1.29, 1.82) is 5.41 Å². The van der Waals surface area contributed by atoms with E-state index >= 15 is 0 Å². The molecular weight excluding hydrogens is 336 g/mol. The Labute approximate surface area is 128 Å². The van der Waals surface area contributed by atoms with Gasteiger partial charge in [0.1, 0.15) is 5.84 Å². The molecule has 0 amide bonds. The Morgan fingerprint density at radius 3 is 2.75 bits per heavy atom. The van der Waals surface area contributed by atoms with Gasteiger partial charge in [-0.05, 0) is 40.2 Å². The zero-order valence-corrected chi connectivity index (χ0v) is 12.8. The summed E-state index contributed by atoms with van der Waals surface area (Å²) in [6.07, 6.45) is 0. The summed E-state index contributed by atoms with van der Waals surface area (Å²) in [6, 6.07) is 13.5. The first-order valence-electron chi connectivity index (χ1n) is 5.90. The maximum atomic E-state index is 7.43. The van der Waals surface area contributed by atoms with E-state index in [0.717, 1.165) is 25.6 Å². The molecule has 0 aliphatic heterocycles. The molecule has 3 rings (SSSR count). The summed E-state index contributed by atoms with van der Waals surface area (Å²) in [5, 5.41) is 8.26. The highest BCUT2D eigenvalue weighted by atomic mass is 79.9. The standard InChI is InChI=1S/C14H11BrN4S/c15-9-7-8(13(16)17)5-6-12(9)20-14-18-10-3-1-2-4-11(10)19-14/h1-7H,(H3,16,17)(H,18,19). The summed E-state index contributed by atoms with van der Waals surface area (Å²) in [5.74, 6) is 0.0611. The molecule has 6 heteroatoms. The first-order valence-corrected chi connectivity index (χ1v) is 7.51. The van der Waals surface area contributed by atoms with Gasteiger partial charge < -0.3 is 10.7 Å². The van der Waals surface area contributed by atoms with Crippen LogP contribution in [0.5, 0.6) is 0 Å². The molecule has 4 N–H and O–H groups in total. The lowest BCUT2D eigenvalue weighted by molar-refractivity contribution is 1.08. The van der Waals surface area contributed by atoms with Crippen LogP contribution in [0.3, 0.4) is 0 Å². The number of hydrogen-bond donors (Lipinski definition) is 3. The number of aromatic amines is 1. The summed E-state index contributed by atoms with van der Waals surface area (Å²) in [7, 11) is 0. The quantitative estimate of drug-likeness (QED) is 0.499. The molecule has 20 heavy (non-hydrogen) atoms. The molecular formula is C14H11BrN4S. The van der Waals surface area contributed by atoms with E-state index in [2.05, 4.69) is 25.9 Å². The fourth-order valence-corrected chi connectivity index (χ4v) is 3.26. The lowest BCUT2D eigenvalue weighted by atomic mass is 10.2. The van der Waals surface area contributed by atoms with Gasteiger partial charge in [-0.25, -0.2) is 4.98 Å². The Kier molecular flexibility index (Phi) is 3.50. The van der Waals surface area contributed by atoms with Crippen molar-refractivity contribution in [3.05, 3.63) is 52.5 Å². The van der Waals surface area contributed by atoms with E-state index < -0.39 is 0 Å². The second-order valence-corrected chi connectivity index (χ2v) is 6.11. The summed E-state index contributed by atoms with van der Waals surface area (Å²) >= 11 is 5.04. The van der Waals surface area contributed by atoms with Gasteiger partial charge in [0.15, 0.2) is 5.16 Å². The zero-order valence-electron chi connectivity index (χ0n) is 10.4. The topological polar surface area (TPSA) is 78.6 Å². The summed E-state index contributed by atoms with van der Waals surface area (Å²) in [6.45, 7) is 0. The van der Waals surface area contributed by atoms with Crippen molar-refractivity contribution in [1.82, 2.24) is 9.97 Å². The molecule has 4 nitrogen and oxygen atoms in total. The van der Waals surface area contributed by atoms with E-state index in [4.69, 9.17) is 11.1 Å². The number of H-pyrrole nitrogens is 1. The molecule has 0 aliphatic rings. The van der Waals surface area contributed by atoms with Crippen molar-refractivity contribution in [3.8, 4) is 0 Å². The number of nitrogens with one attached hydrogen (secondary N) is 2. The van der Waals surface area contributed by atoms with E-state index in [1.54, 1.807) is 0 Å². The van der Waals surface area contributed by atoms with Crippen LogP contribution in [0.4, 0.5) is 0 Å². The Morgan fingerprint density at radius 1 is 1.25 bits per heavy atom. The number of nitrogens with two attached hydrogens (primary N) is 1. The molecule has 0 bridgehead atoms. The van der Waals surface area contributed by atoms with Crippen molar-refractivity contribution < 1.29 is 0 Å². The van der Waals surface area contributed by atoms with Crippen LogP contribution < -0.4 is 5.73 Å². The fourth-order valence-electron chi connectivity index (χ4n) is 1.83. The molecule has 0 saturated heterocycles. The first-order chi connectivity index (χ1) is 9.63. The lowest BCUT2D eigenvalue weighted by Gasteiger charge is -2.04. The van der Waals surface area contributed by atoms with Gasteiger partial charge in [-0.3, -0.25) is 5.41 Å². The normalized spacial score (nSPS) is 10.8. The van der Waals surface area contributed by atoms with Crippen molar-refractivity contribution in [3.63, 3.8) is 0 Å². The van der Waals surface area contributed by atoms with Gasteiger partial charge in [-0.1, -0.05) is 30.0 Å². The molecule has 0 radical (unpaired) electrons. The third kappa shape index (κ3) is 2.57. The van der Waals surface area contributed by atoms with Crippen molar-refractivity contribution in [2.24, 2.45) is 5.73 Å². The van der Waals surface area contributed by atoms with E-state index in [1.165, 1.54) is 11.8 Å². The number of nitrogens with zero attached hydrogens (tertiary/aromatic N) is 1. The van der Waals surface area contributed by atoms with Crippen LogP contribution in [0.25, 0.3) is 11.0 Å². The van der Waals surface area contributed by atoms with E-state index in [0.29, 0.717) is 5.56 Å². The van der Waals surface area contributed by atoms with E-state index in [1.807, 2.05) is 42.5 Å². The molecule has 0 unspecified atom stereocenters. The van der Waals surface area contributed by atoms with Gasteiger partial charge in [0.2, 0.25) is 0 Å². The number of aromatic nitrogens is 2. The van der Waals surface area contributed by atoms with Crippen LogP contribution in [0.2, 0.25) is 0 Å². The molecule has 2 aromatic carbocycles. The second kappa shape index (κ2) is 5.30. The van der Waals surface area contributed by atoms with Crippen LogP contribution in [0.1, 0.15) is 5.56 Å². The molecule has 0 saturated carbocycles. The van der Waals surface area contributed by atoms with E-state index in [-0.39, 0.29) is 5.84 Å². The van der Waals surface area contributed by atoms with Crippen LogP contribution >= 0.6 is 27.7 Å². The highest BCUT2D eigenvalue weighted by Gasteiger charge is 2.08. The summed E-state index contributed by atoms with van der Waals surface area (Å²) < 4.78 is 0.899. The summed E-state index contributed by atoms with van der Waals surface area (Å²) in [5.41, 5.74) is 8.14. The third-order valence-electron chi connectivity index (χ3n) is 2.82. The minimum absolute atomic E-state index is 0.0611. The number of fused-ring (bicyclic) bond motifs is 1. The molecule has 0 fully saturated rings. The van der Waals surface area contributed by atoms with Crippen molar-refractivity contribution >= 4 is 44.6 Å². The smallest absolute Gasteiger partial charge is 0.171 e. The van der Waals surface area contributed by atoms with E-state index in [9.17, 15) is 0 Å². The number of amidine groups is 1. The van der Waals surface area contributed by atoms with Gasteiger partial charge in [-0.2, -0.15) is 0 Å². The van der Waals surface area contributed by atoms with Gasteiger partial charge >= 0.3 is 0 Å². The number of imidazole rings is 1. The molecule has 3 aromatic rings. The zero-order chi connectivity index (χ0) is 14.1. The molecule has 1 aromatic heterocycles. The molecule has 100 valence electrons. The third-order valence-corrected chi connectivity index (χ3v) is 4.70. The molecule has 0 aliphatic carbocycles. The average Bonchev–Trinajstić information content (AvgIpc) is 2.83. The van der Waals surface area contributed by atoms with Gasteiger partial charge in [0.05, 0.1) is 11.0 Å². The Bertz CT molecular complexity index is 764. The highest BCUT2D eigenvalue weighted by Crippen LogP contribution is 2.33. The molecule has 0 spiro atoms. The number of hydrogen-bond acceptors (Lipinski definition) is 3. The van der Waals surface area contributed by atoms with Crippen LogP contribution in [0, 0.1) is 5.41 Å². The Morgan fingerprint density at radius 2 is 2.05 bits per heavy atom. The lowest BCUT2D eigenvalue weighted by Crippen LogP contribution is -2.10. The minimum Gasteiger partial charge on any atom is -0.384 e. The predicted molar refractivity (Wildman–Crippen MR) is 85.4 cm³/mol. The van der Waals surface area contributed by atoms with Crippen molar-refractivity contribution in [2.75, 3.05) is 0 Å².